The molecule has 0 fully saturated rings. The van der Waals surface area contributed by atoms with Crippen molar-refractivity contribution < 1.29 is 4.74 Å². The molecule has 4 heteroatoms. The molecule has 0 aliphatic rings. The number of likely N-dealkylation sites (N-methyl/N-ethyl adjacent to an activating group) is 1. The van der Waals surface area contributed by atoms with Crippen LogP contribution in [0.5, 0.6) is 5.88 Å². The monoisotopic (exact) mass is 237 g/mol. The fraction of sp³-hybridized carbons (Fsp3) is 0.615. The molecule has 0 amide bonds. The summed E-state index contributed by atoms with van der Waals surface area (Å²) in [4.78, 5) is 6.54. The molecule has 0 bridgehead atoms. The molecule has 0 radical (unpaired) electrons. The molecule has 1 aromatic heterocycles. The van der Waals surface area contributed by atoms with E-state index in [0.717, 1.165) is 25.2 Å². The maximum atomic E-state index is 5.87. The highest BCUT2D eigenvalue weighted by Crippen LogP contribution is 2.19. The molecule has 96 valence electrons. The van der Waals surface area contributed by atoms with Crippen molar-refractivity contribution in [2.45, 2.75) is 26.8 Å². The van der Waals surface area contributed by atoms with Crippen LogP contribution in [0.4, 0.5) is 0 Å². The molecule has 0 saturated heterocycles. The summed E-state index contributed by atoms with van der Waals surface area (Å²) in [5.41, 5.74) is 6.83. The lowest BCUT2D eigenvalue weighted by Gasteiger charge is -2.18. The van der Waals surface area contributed by atoms with Crippen LogP contribution in [0.2, 0.25) is 0 Å². The lowest BCUT2D eigenvalue weighted by molar-refractivity contribution is 0.216. The highest BCUT2D eigenvalue weighted by molar-refractivity contribution is 5.28. The predicted octanol–water partition coefficient (Wildman–Crippen LogP) is 1.82. The SMILES string of the molecule is CCN(CC)CCOc1ncccc1[C@@H](C)N. The highest BCUT2D eigenvalue weighted by atomic mass is 16.5. The summed E-state index contributed by atoms with van der Waals surface area (Å²) in [7, 11) is 0. The van der Waals surface area contributed by atoms with Gasteiger partial charge in [0.25, 0.3) is 0 Å². The van der Waals surface area contributed by atoms with Gasteiger partial charge in [-0.25, -0.2) is 4.98 Å². The molecular formula is C13H23N3O. The first-order chi connectivity index (χ1) is 8.19. The quantitative estimate of drug-likeness (QED) is 0.786. The lowest BCUT2D eigenvalue weighted by atomic mass is 10.1. The molecule has 0 spiro atoms. The number of ether oxygens (including phenoxy) is 1. The van der Waals surface area contributed by atoms with Crippen molar-refractivity contribution in [2.24, 2.45) is 5.73 Å². The fourth-order valence-corrected chi connectivity index (χ4v) is 1.68. The van der Waals surface area contributed by atoms with E-state index < -0.39 is 0 Å². The van der Waals surface area contributed by atoms with E-state index in [2.05, 4.69) is 23.7 Å². The third kappa shape index (κ3) is 4.32. The van der Waals surface area contributed by atoms with Gasteiger partial charge in [-0.15, -0.1) is 0 Å². The minimum atomic E-state index is -0.0489. The highest BCUT2D eigenvalue weighted by Gasteiger charge is 2.08. The standard InChI is InChI=1S/C13H23N3O/c1-4-16(5-2)9-10-17-13-12(11(3)14)7-6-8-15-13/h6-8,11H,4-5,9-10,14H2,1-3H3/t11-/m1/s1. The van der Waals surface area contributed by atoms with Gasteiger partial charge in [0, 0.05) is 24.3 Å². The minimum Gasteiger partial charge on any atom is -0.476 e. The van der Waals surface area contributed by atoms with Crippen molar-refractivity contribution in [3.8, 4) is 5.88 Å². The summed E-state index contributed by atoms with van der Waals surface area (Å²) in [5.74, 6) is 0.662. The Morgan fingerprint density at radius 3 is 2.71 bits per heavy atom. The Morgan fingerprint density at radius 1 is 1.41 bits per heavy atom. The van der Waals surface area contributed by atoms with Crippen molar-refractivity contribution in [3.05, 3.63) is 23.9 Å². The van der Waals surface area contributed by atoms with Crippen LogP contribution in [0, 0.1) is 0 Å². The molecule has 1 rings (SSSR count). The van der Waals surface area contributed by atoms with Gasteiger partial charge >= 0.3 is 0 Å². The molecule has 0 aliphatic heterocycles. The Labute approximate surface area is 104 Å². The largest absolute Gasteiger partial charge is 0.476 e. The fourth-order valence-electron chi connectivity index (χ4n) is 1.68. The molecule has 2 N–H and O–H groups in total. The average Bonchev–Trinajstić information content (AvgIpc) is 2.35. The third-order valence-electron chi connectivity index (χ3n) is 2.83. The Bertz CT molecular complexity index is 324. The first-order valence-electron chi connectivity index (χ1n) is 6.24. The van der Waals surface area contributed by atoms with Crippen molar-refractivity contribution in [2.75, 3.05) is 26.2 Å². The molecule has 1 aromatic rings. The van der Waals surface area contributed by atoms with Gasteiger partial charge in [0.05, 0.1) is 0 Å². The number of pyridine rings is 1. The number of nitrogens with two attached hydrogens (primary N) is 1. The van der Waals surface area contributed by atoms with Gasteiger partial charge in [0.1, 0.15) is 6.61 Å². The van der Waals surface area contributed by atoms with Crippen molar-refractivity contribution >= 4 is 0 Å². The summed E-state index contributed by atoms with van der Waals surface area (Å²) in [6, 6.07) is 3.80. The first kappa shape index (κ1) is 13.9. The zero-order chi connectivity index (χ0) is 12.7. The van der Waals surface area contributed by atoms with Gasteiger partial charge in [0.2, 0.25) is 5.88 Å². The van der Waals surface area contributed by atoms with E-state index >= 15 is 0 Å². The van der Waals surface area contributed by atoms with Crippen molar-refractivity contribution in [3.63, 3.8) is 0 Å². The topological polar surface area (TPSA) is 51.4 Å². The van der Waals surface area contributed by atoms with Gasteiger partial charge in [-0.05, 0) is 26.1 Å². The van der Waals surface area contributed by atoms with Crippen LogP contribution in [0.3, 0.4) is 0 Å². The summed E-state index contributed by atoms with van der Waals surface area (Å²) < 4.78 is 5.70. The van der Waals surface area contributed by atoms with Crippen LogP contribution in [0.1, 0.15) is 32.4 Å². The number of hydrogen-bond donors (Lipinski definition) is 1. The maximum absolute atomic E-state index is 5.87. The van der Waals surface area contributed by atoms with E-state index in [-0.39, 0.29) is 6.04 Å². The Balaban J connectivity index is 2.51. The Morgan fingerprint density at radius 2 is 2.12 bits per heavy atom. The average molecular weight is 237 g/mol. The zero-order valence-electron chi connectivity index (χ0n) is 11.0. The smallest absolute Gasteiger partial charge is 0.218 e. The molecule has 17 heavy (non-hydrogen) atoms. The second-order valence-corrected chi connectivity index (χ2v) is 4.06. The Hall–Kier alpha value is -1.13. The van der Waals surface area contributed by atoms with Crippen LogP contribution in [-0.2, 0) is 0 Å². The van der Waals surface area contributed by atoms with Gasteiger partial charge < -0.3 is 15.4 Å². The number of hydrogen-bond acceptors (Lipinski definition) is 4. The van der Waals surface area contributed by atoms with E-state index in [1.807, 2.05) is 19.1 Å². The van der Waals surface area contributed by atoms with Crippen LogP contribution >= 0.6 is 0 Å². The number of aromatic nitrogens is 1. The van der Waals surface area contributed by atoms with E-state index in [9.17, 15) is 0 Å². The van der Waals surface area contributed by atoms with Crippen LogP contribution in [-0.4, -0.2) is 36.1 Å². The van der Waals surface area contributed by atoms with E-state index in [0.29, 0.717) is 12.5 Å². The van der Waals surface area contributed by atoms with E-state index in [1.54, 1.807) is 6.20 Å². The Kier molecular flexibility index (Phi) is 5.94. The normalized spacial score (nSPS) is 12.8. The molecule has 0 saturated carbocycles. The van der Waals surface area contributed by atoms with Gasteiger partial charge in [-0.2, -0.15) is 0 Å². The van der Waals surface area contributed by atoms with E-state index in [1.165, 1.54) is 0 Å². The predicted molar refractivity (Wildman–Crippen MR) is 70.1 cm³/mol. The zero-order valence-corrected chi connectivity index (χ0v) is 11.0. The number of rotatable bonds is 7. The number of nitrogens with zero attached hydrogens (tertiary/aromatic N) is 2. The van der Waals surface area contributed by atoms with Crippen LogP contribution in [0.15, 0.2) is 18.3 Å². The van der Waals surface area contributed by atoms with Crippen LogP contribution in [0.25, 0.3) is 0 Å². The van der Waals surface area contributed by atoms with Gasteiger partial charge in [-0.3, -0.25) is 0 Å². The molecule has 1 atom stereocenters. The molecule has 1 heterocycles. The van der Waals surface area contributed by atoms with Gasteiger partial charge in [0.15, 0.2) is 0 Å². The molecule has 0 unspecified atom stereocenters. The summed E-state index contributed by atoms with van der Waals surface area (Å²) >= 11 is 0. The maximum Gasteiger partial charge on any atom is 0.218 e. The molecule has 0 aliphatic carbocycles. The second-order valence-electron chi connectivity index (χ2n) is 4.06. The summed E-state index contributed by atoms with van der Waals surface area (Å²) in [5, 5.41) is 0. The van der Waals surface area contributed by atoms with Gasteiger partial charge in [-0.1, -0.05) is 19.9 Å². The molecular weight excluding hydrogens is 214 g/mol. The van der Waals surface area contributed by atoms with Crippen molar-refractivity contribution in [1.29, 1.82) is 0 Å². The second kappa shape index (κ2) is 7.25. The van der Waals surface area contributed by atoms with E-state index in [4.69, 9.17) is 10.5 Å². The summed E-state index contributed by atoms with van der Waals surface area (Å²) in [6.45, 7) is 9.90. The summed E-state index contributed by atoms with van der Waals surface area (Å²) in [6.07, 6.45) is 1.73. The molecule has 0 aromatic carbocycles. The van der Waals surface area contributed by atoms with Crippen LogP contribution < -0.4 is 10.5 Å². The lowest BCUT2D eigenvalue weighted by Crippen LogP contribution is -2.28. The van der Waals surface area contributed by atoms with Crippen molar-refractivity contribution in [1.82, 2.24) is 9.88 Å². The molecule has 4 nitrogen and oxygen atoms in total. The first-order valence-corrected chi connectivity index (χ1v) is 6.24. The third-order valence-corrected chi connectivity index (χ3v) is 2.83. The minimum absolute atomic E-state index is 0.0489.